The van der Waals surface area contributed by atoms with Gasteiger partial charge in [-0.2, -0.15) is 0 Å². The van der Waals surface area contributed by atoms with Gasteiger partial charge in [0.15, 0.2) is 0 Å². The minimum absolute atomic E-state index is 0.00286. The fraction of sp³-hybridized carbons (Fsp3) is 0.211. The van der Waals surface area contributed by atoms with Crippen LogP contribution >= 0.6 is 0 Å². The van der Waals surface area contributed by atoms with Gasteiger partial charge in [-0.05, 0) is 18.2 Å². The van der Waals surface area contributed by atoms with Crippen LogP contribution in [0.4, 0.5) is 18.9 Å². The Morgan fingerprint density at radius 1 is 1.00 bits per heavy atom. The molecule has 3 rings (SSSR count). The van der Waals surface area contributed by atoms with Crippen LogP contribution in [0.25, 0.3) is 0 Å². The van der Waals surface area contributed by atoms with Gasteiger partial charge in [0.2, 0.25) is 0 Å². The summed E-state index contributed by atoms with van der Waals surface area (Å²) in [5.41, 5.74) is 0.623. The third-order valence-corrected chi connectivity index (χ3v) is 3.99. The van der Waals surface area contributed by atoms with Gasteiger partial charge in [0.1, 0.15) is 24.1 Å². The first-order valence-corrected chi connectivity index (χ1v) is 8.05. The summed E-state index contributed by atoms with van der Waals surface area (Å²) in [4.78, 5) is 15.2. The molecule has 0 fully saturated rings. The molecular formula is C19H17F3N2O2. The second-order valence-electron chi connectivity index (χ2n) is 5.76. The van der Waals surface area contributed by atoms with Crippen LogP contribution in [-0.4, -0.2) is 30.5 Å². The Morgan fingerprint density at radius 2 is 1.81 bits per heavy atom. The Labute approximate surface area is 149 Å². The molecule has 0 saturated heterocycles. The van der Waals surface area contributed by atoms with Gasteiger partial charge in [-0.15, -0.1) is 0 Å². The van der Waals surface area contributed by atoms with Crippen molar-refractivity contribution >= 4 is 11.6 Å². The maximum Gasteiger partial charge on any atom is 0.252 e. The highest BCUT2D eigenvalue weighted by atomic mass is 19.1. The van der Waals surface area contributed by atoms with Crippen LogP contribution in [0.5, 0.6) is 0 Å². The van der Waals surface area contributed by atoms with Gasteiger partial charge in [-0.25, -0.2) is 13.2 Å². The van der Waals surface area contributed by atoms with E-state index >= 15 is 0 Å². The highest BCUT2D eigenvalue weighted by Gasteiger charge is 2.19. The fourth-order valence-corrected chi connectivity index (χ4v) is 2.59. The lowest BCUT2D eigenvalue weighted by Gasteiger charge is -2.30. The predicted molar refractivity (Wildman–Crippen MR) is 90.6 cm³/mol. The van der Waals surface area contributed by atoms with Gasteiger partial charge in [0.05, 0.1) is 12.3 Å². The van der Waals surface area contributed by atoms with E-state index in [1.54, 1.807) is 29.3 Å². The van der Waals surface area contributed by atoms with Crippen LogP contribution in [-0.2, 0) is 16.1 Å². The molecular weight excluding hydrogens is 345 g/mol. The van der Waals surface area contributed by atoms with E-state index in [9.17, 15) is 18.0 Å². The van der Waals surface area contributed by atoms with Gasteiger partial charge in [-0.1, -0.05) is 18.2 Å². The Balaban J connectivity index is 1.53. The quantitative estimate of drug-likeness (QED) is 0.817. The highest BCUT2D eigenvalue weighted by Crippen LogP contribution is 2.22. The molecule has 2 aromatic rings. The Bertz CT molecular complexity index is 826. The number of benzene rings is 2. The topological polar surface area (TPSA) is 32.8 Å². The standard InChI is InChI=1S/C19H17F3N2O2/c20-15-5-6-18(17(22)11-15)23-7-9-24(10-8-23)19(25)13-26-12-14-3-1-2-4-16(14)21/h1-7,9,11H,8,10,12-13H2. The molecule has 0 unspecified atom stereocenters. The molecule has 1 aliphatic rings. The number of hydrogen-bond acceptors (Lipinski definition) is 3. The molecule has 0 bridgehead atoms. The molecule has 1 heterocycles. The molecule has 1 aliphatic heterocycles. The lowest BCUT2D eigenvalue weighted by molar-refractivity contribution is -0.134. The van der Waals surface area contributed by atoms with E-state index in [0.29, 0.717) is 18.7 Å². The highest BCUT2D eigenvalue weighted by molar-refractivity contribution is 5.79. The summed E-state index contributed by atoms with van der Waals surface area (Å²) in [5.74, 6) is -1.97. The first-order valence-electron chi connectivity index (χ1n) is 8.05. The number of rotatable bonds is 5. The normalized spacial score (nSPS) is 14.0. The third-order valence-electron chi connectivity index (χ3n) is 3.99. The van der Waals surface area contributed by atoms with Crippen molar-refractivity contribution in [2.45, 2.75) is 6.61 Å². The molecule has 0 saturated carbocycles. The zero-order chi connectivity index (χ0) is 18.5. The van der Waals surface area contributed by atoms with Crippen molar-refractivity contribution in [3.8, 4) is 0 Å². The van der Waals surface area contributed by atoms with E-state index in [1.807, 2.05) is 0 Å². The van der Waals surface area contributed by atoms with Crippen LogP contribution in [0.15, 0.2) is 54.9 Å². The van der Waals surface area contributed by atoms with Crippen molar-refractivity contribution in [3.05, 3.63) is 77.9 Å². The Hall–Kier alpha value is -2.80. The second kappa shape index (κ2) is 8.05. The lowest BCUT2D eigenvalue weighted by Crippen LogP contribution is -2.39. The van der Waals surface area contributed by atoms with Crippen LogP contribution in [0.3, 0.4) is 0 Å². The van der Waals surface area contributed by atoms with E-state index in [-0.39, 0.29) is 30.6 Å². The smallest absolute Gasteiger partial charge is 0.252 e. The molecule has 26 heavy (non-hydrogen) atoms. The van der Waals surface area contributed by atoms with Crippen LogP contribution in [0.2, 0.25) is 0 Å². The molecule has 2 aromatic carbocycles. The Kier molecular flexibility index (Phi) is 5.58. The van der Waals surface area contributed by atoms with Crippen LogP contribution in [0, 0.1) is 17.5 Å². The van der Waals surface area contributed by atoms with Crippen molar-refractivity contribution < 1.29 is 22.7 Å². The minimum atomic E-state index is -0.664. The summed E-state index contributed by atoms with van der Waals surface area (Å²) < 4.78 is 45.5. The molecule has 4 nitrogen and oxygen atoms in total. The zero-order valence-corrected chi connectivity index (χ0v) is 13.9. The van der Waals surface area contributed by atoms with Crippen LogP contribution < -0.4 is 4.90 Å². The molecule has 0 atom stereocenters. The number of carbonyl (C=O) groups is 1. The summed E-state index contributed by atoms with van der Waals surface area (Å²) in [6.45, 7) is 0.500. The van der Waals surface area contributed by atoms with Crippen molar-refractivity contribution in [2.24, 2.45) is 0 Å². The Morgan fingerprint density at radius 3 is 2.50 bits per heavy atom. The molecule has 7 heteroatoms. The summed E-state index contributed by atoms with van der Waals surface area (Å²) >= 11 is 0. The fourth-order valence-electron chi connectivity index (χ4n) is 2.59. The maximum atomic E-state index is 13.8. The number of ether oxygens (including phenoxy) is 1. The molecule has 0 aromatic heterocycles. The first-order chi connectivity index (χ1) is 12.5. The third kappa shape index (κ3) is 4.23. The molecule has 136 valence electrons. The second-order valence-corrected chi connectivity index (χ2v) is 5.76. The largest absolute Gasteiger partial charge is 0.367 e. The SMILES string of the molecule is O=C(COCc1ccccc1F)N1C=CN(c2ccc(F)cc2F)CC1. The van der Waals surface area contributed by atoms with Gasteiger partial charge in [0, 0.05) is 37.1 Å². The average molecular weight is 362 g/mol. The lowest BCUT2D eigenvalue weighted by atomic mass is 10.2. The molecule has 0 N–H and O–H groups in total. The van der Waals surface area contributed by atoms with Crippen molar-refractivity contribution in [1.29, 1.82) is 0 Å². The van der Waals surface area contributed by atoms with E-state index in [0.717, 1.165) is 6.07 Å². The van der Waals surface area contributed by atoms with E-state index in [2.05, 4.69) is 0 Å². The summed E-state index contributed by atoms with van der Waals surface area (Å²) in [6, 6.07) is 9.55. The summed E-state index contributed by atoms with van der Waals surface area (Å²) in [7, 11) is 0. The number of carbonyl (C=O) groups excluding carboxylic acids is 1. The molecule has 0 aliphatic carbocycles. The molecule has 1 amide bonds. The van der Waals surface area contributed by atoms with E-state index in [4.69, 9.17) is 4.74 Å². The van der Waals surface area contributed by atoms with Gasteiger partial charge < -0.3 is 14.5 Å². The van der Waals surface area contributed by atoms with Gasteiger partial charge >= 0.3 is 0 Å². The molecule has 0 radical (unpaired) electrons. The monoisotopic (exact) mass is 362 g/mol. The first kappa shape index (κ1) is 18.0. The predicted octanol–water partition coefficient (Wildman–Crippen LogP) is 3.44. The number of hydrogen-bond donors (Lipinski definition) is 0. The number of halogens is 3. The van der Waals surface area contributed by atoms with Gasteiger partial charge in [0.25, 0.3) is 5.91 Å². The van der Waals surface area contributed by atoms with E-state index < -0.39 is 11.6 Å². The zero-order valence-electron chi connectivity index (χ0n) is 13.9. The summed E-state index contributed by atoms with van der Waals surface area (Å²) in [6.07, 6.45) is 3.07. The van der Waals surface area contributed by atoms with E-state index in [1.165, 1.54) is 29.3 Å². The number of nitrogens with zero attached hydrogens (tertiary/aromatic N) is 2. The average Bonchev–Trinajstić information content (AvgIpc) is 2.63. The number of anilines is 1. The number of amides is 1. The minimum Gasteiger partial charge on any atom is -0.367 e. The van der Waals surface area contributed by atoms with Crippen molar-refractivity contribution in [2.75, 3.05) is 24.6 Å². The maximum absolute atomic E-state index is 13.8. The van der Waals surface area contributed by atoms with Gasteiger partial charge in [-0.3, -0.25) is 4.79 Å². The molecule has 0 spiro atoms. The van der Waals surface area contributed by atoms with Crippen molar-refractivity contribution in [3.63, 3.8) is 0 Å². The van der Waals surface area contributed by atoms with Crippen LogP contribution in [0.1, 0.15) is 5.56 Å². The summed E-state index contributed by atoms with van der Waals surface area (Å²) in [5, 5.41) is 0. The van der Waals surface area contributed by atoms with Crippen molar-refractivity contribution in [1.82, 2.24) is 4.90 Å².